The number of nitrogens with zero attached hydrogens (tertiary/aromatic N) is 5. The predicted molar refractivity (Wildman–Crippen MR) is 55.0 cm³/mol. The van der Waals surface area contributed by atoms with Crippen molar-refractivity contribution in [2.45, 2.75) is 5.16 Å². The van der Waals surface area contributed by atoms with Gasteiger partial charge in [-0.2, -0.15) is 9.67 Å². The van der Waals surface area contributed by atoms with E-state index in [1.807, 2.05) is 0 Å². The van der Waals surface area contributed by atoms with Crippen LogP contribution in [-0.4, -0.2) is 33.2 Å². The van der Waals surface area contributed by atoms with Crippen LogP contribution in [0.1, 0.15) is 0 Å². The molecule has 0 radical (unpaired) electrons. The van der Waals surface area contributed by atoms with Crippen molar-refractivity contribution < 1.29 is 8.42 Å². The summed E-state index contributed by atoms with van der Waals surface area (Å²) in [6.45, 7) is 0. The number of hydrogen-bond donors (Lipinski definition) is 0. The molecule has 0 aromatic carbocycles. The first-order valence-electron chi connectivity index (χ1n) is 3.83. The third-order valence-electron chi connectivity index (χ3n) is 1.51. The van der Waals surface area contributed by atoms with Gasteiger partial charge in [0.15, 0.2) is 0 Å². The van der Waals surface area contributed by atoms with Gasteiger partial charge >= 0.3 is 0 Å². The van der Waals surface area contributed by atoms with Gasteiger partial charge in [0.25, 0.3) is 20.2 Å². The summed E-state index contributed by atoms with van der Waals surface area (Å²) >= 11 is 5.67. The lowest BCUT2D eigenvalue weighted by Gasteiger charge is -1.96. The Kier molecular flexibility index (Phi) is 2.78. The molecule has 2 aromatic rings. The molecular weight excluding hydrogens is 277 g/mol. The molecule has 10 heteroatoms. The van der Waals surface area contributed by atoms with E-state index in [-0.39, 0.29) is 11.2 Å². The summed E-state index contributed by atoms with van der Waals surface area (Å²) < 4.78 is 22.9. The van der Waals surface area contributed by atoms with Crippen molar-refractivity contribution in [2.75, 3.05) is 0 Å². The van der Waals surface area contributed by atoms with Crippen LogP contribution in [0.2, 0.25) is 5.28 Å². The van der Waals surface area contributed by atoms with Crippen LogP contribution >= 0.6 is 22.3 Å². The van der Waals surface area contributed by atoms with Crippen LogP contribution < -0.4 is 0 Å². The Labute approximate surface area is 99.5 Å². The maximum atomic E-state index is 11.0. The molecule has 0 atom stereocenters. The Hall–Kier alpha value is -1.25. The van der Waals surface area contributed by atoms with Gasteiger partial charge in [0, 0.05) is 23.1 Å². The molecule has 0 aliphatic carbocycles. The van der Waals surface area contributed by atoms with Crippen molar-refractivity contribution in [3.05, 3.63) is 23.7 Å². The third kappa shape index (κ3) is 2.13. The summed E-state index contributed by atoms with van der Waals surface area (Å²) in [5.74, 6) is 0.103. The number of halogens is 2. The van der Waals surface area contributed by atoms with Gasteiger partial charge in [0.1, 0.15) is 0 Å². The molecule has 2 rings (SSSR count). The molecule has 7 nitrogen and oxygen atoms in total. The molecule has 2 heterocycles. The van der Waals surface area contributed by atoms with E-state index in [4.69, 9.17) is 22.3 Å². The van der Waals surface area contributed by atoms with Gasteiger partial charge in [-0.3, -0.25) is 0 Å². The molecule has 0 saturated heterocycles. The second-order valence-electron chi connectivity index (χ2n) is 2.56. The first kappa shape index (κ1) is 11.2. The molecule has 0 amide bonds. The summed E-state index contributed by atoms with van der Waals surface area (Å²) in [6, 6.07) is 1.59. The number of hydrogen-bond acceptors (Lipinski definition) is 6. The fraction of sp³-hybridized carbons (Fsp3) is 0. The Morgan fingerprint density at radius 2 is 1.88 bits per heavy atom. The van der Waals surface area contributed by atoms with Crippen LogP contribution in [0.3, 0.4) is 0 Å². The second kappa shape index (κ2) is 3.96. The van der Waals surface area contributed by atoms with Crippen molar-refractivity contribution in [1.29, 1.82) is 0 Å². The van der Waals surface area contributed by atoms with E-state index in [2.05, 4.69) is 20.1 Å². The fourth-order valence-electron chi connectivity index (χ4n) is 0.907. The smallest absolute Gasteiger partial charge is 0.220 e. The molecule has 0 aliphatic heterocycles. The van der Waals surface area contributed by atoms with Crippen LogP contribution in [0.15, 0.2) is 23.6 Å². The molecule has 2 aromatic heterocycles. The van der Waals surface area contributed by atoms with Gasteiger partial charge in [0.05, 0.1) is 0 Å². The standard InChI is InChI=1S/C6H3Cl2N5O2S/c7-4-11-6(16(8,14)15)12-13(4)5-9-2-1-3-10-5/h1-3H. The summed E-state index contributed by atoms with van der Waals surface area (Å²) in [4.78, 5) is 11.1. The minimum absolute atomic E-state index is 0.103. The van der Waals surface area contributed by atoms with E-state index in [1.54, 1.807) is 6.07 Å². The maximum Gasteiger partial charge on any atom is 0.298 e. The Morgan fingerprint density at radius 3 is 2.38 bits per heavy atom. The van der Waals surface area contributed by atoms with Gasteiger partial charge in [-0.25, -0.2) is 18.4 Å². The lowest BCUT2D eigenvalue weighted by molar-refractivity contribution is 0.600. The third-order valence-corrected chi connectivity index (χ3v) is 2.78. The zero-order valence-corrected chi connectivity index (χ0v) is 9.78. The van der Waals surface area contributed by atoms with Crippen LogP contribution in [0.4, 0.5) is 0 Å². The number of aromatic nitrogens is 5. The summed E-state index contributed by atoms with van der Waals surface area (Å²) in [6.07, 6.45) is 2.91. The minimum atomic E-state index is -4.02. The van der Waals surface area contributed by atoms with E-state index in [0.29, 0.717) is 0 Å². The summed E-state index contributed by atoms with van der Waals surface area (Å²) in [5, 5.41) is 2.80. The van der Waals surface area contributed by atoms with Gasteiger partial charge < -0.3 is 0 Å². The highest BCUT2D eigenvalue weighted by Gasteiger charge is 2.20. The average molecular weight is 280 g/mol. The lowest BCUT2D eigenvalue weighted by Crippen LogP contribution is -2.03. The van der Waals surface area contributed by atoms with E-state index in [0.717, 1.165) is 4.68 Å². The summed E-state index contributed by atoms with van der Waals surface area (Å²) in [5.41, 5.74) is 0. The molecule has 0 bridgehead atoms. The van der Waals surface area contributed by atoms with Crippen molar-refractivity contribution in [1.82, 2.24) is 24.7 Å². The molecule has 0 aliphatic rings. The normalized spacial score (nSPS) is 11.6. The lowest BCUT2D eigenvalue weighted by atomic mass is 10.7. The van der Waals surface area contributed by atoms with E-state index >= 15 is 0 Å². The fourth-order valence-corrected chi connectivity index (χ4v) is 1.72. The van der Waals surface area contributed by atoms with Gasteiger partial charge in [0.2, 0.25) is 5.28 Å². The molecule has 0 unspecified atom stereocenters. The Bertz CT molecular complexity index is 611. The van der Waals surface area contributed by atoms with Crippen molar-refractivity contribution >= 4 is 31.3 Å². The van der Waals surface area contributed by atoms with Crippen LogP contribution in [0.5, 0.6) is 0 Å². The Morgan fingerprint density at radius 1 is 1.25 bits per heavy atom. The quantitative estimate of drug-likeness (QED) is 0.750. The molecule has 0 spiro atoms. The first-order chi connectivity index (χ1) is 7.48. The van der Waals surface area contributed by atoms with Crippen molar-refractivity contribution in [3.8, 4) is 5.95 Å². The molecule has 16 heavy (non-hydrogen) atoms. The van der Waals surface area contributed by atoms with Crippen LogP contribution in [0.25, 0.3) is 5.95 Å². The van der Waals surface area contributed by atoms with Crippen molar-refractivity contribution in [2.24, 2.45) is 0 Å². The van der Waals surface area contributed by atoms with E-state index in [1.165, 1.54) is 12.4 Å². The zero-order valence-electron chi connectivity index (χ0n) is 7.45. The first-order valence-corrected chi connectivity index (χ1v) is 6.52. The zero-order chi connectivity index (χ0) is 11.8. The minimum Gasteiger partial charge on any atom is -0.220 e. The largest absolute Gasteiger partial charge is 0.298 e. The molecule has 0 N–H and O–H groups in total. The van der Waals surface area contributed by atoms with Crippen molar-refractivity contribution in [3.63, 3.8) is 0 Å². The topological polar surface area (TPSA) is 90.6 Å². The van der Waals surface area contributed by atoms with E-state index < -0.39 is 14.2 Å². The summed E-state index contributed by atoms with van der Waals surface area (Å²) in [7, 11) is 1.04. The highest BCUT2D eigenvalue weighted by Crippen LogP contribution is 2.15. The van der Waals surface area contributed by atoms with Gasteiger partial charge in [-0.05, 0) is 17.7 Å². The van der Waals surface area contributed by atoms with Gasteiger partial charge in [-0.1, -0.05) is 0 Å². The van der Waals surface area contributed by atoms with E-state index in [9.17, 15) is 8.42 Å². The molecule has 84 valence electrons. The number of rotatable bonds is 2. The highest BCUT2D eigenvalue weighted by molar-refractivity contribution is 8.13. The average Bonchev–Trinajstić information content (AvgIpc) is 2.61. The predicted octanol–water partition coefficient (Wildman–Crippen LogP) is 0.638. The van der Waals surface area contributed by atoms with Gasteiger partial charge in [-0.15, -0.1) is 5.10 Å². The van der Waals surface area contributed by atoms with Crippen LogP contribution in [0, 0.1) is 0 Å². The Balaban J connectivity index is 2.57. The molecular formula is C6H3Cl2N5O2S. The molecule has 0 fully saturated rings. The highest BCUT2D eigenvalue weighted by atomic mass is 35.7. The SMILES string of the molecule is O=S(=O)(Cl)c1nc(Cl)n(-c2ncccn2)n1. The second-order valence-corrected chi connectivity index (χ2v) is 5.36. The van der Waals surface area contributed by atoms with Crippen LogP contribution in [-0.2, 0) is 9.05 Å². The molecule has 0 saturated carbocycles. The maximum absolute atomic E-state index is 11.0. The monoisotopic (exact) mass is 279 g/mol.